The van der Waals surface area contributed by atoms with E-state index < -0.39 is 30.0 Å². The maximum absolute atomic E-state index is 13.5. The van der Waals surface area contributed by atoms with Gasteiger partial charge in [0.25, 0.3) is 11.8 Å². The fourth-order valence-corrected chi connectivity index (χ4v) is 4.07. The van der Waals surface area contributed by atoms with Gasteiger partial charge in [-0.15, -0.1) is 13.2 Å². The van der Waals surface area contributed by atoms with Gasteiger partial charge >= 0.3 is 12.4 Å². The van der Waals surface area contributed by atoms with E-state index in [-0.39, 0.29) is 42.8 Å². The van der Waals surface area contributed by atoms with Crippen LogP contribution in [0.1, 0.15) is 22.5 Å². The van der Waals surface area contributed by atoms with Gasteiger partial charge in [-0.25, -0.2) is 0 Å². The molecule has 2 amide bonds. The number of aliphatic hydroxyl groups excluding tert-OH is 1. The van der Waals surface area contributed by atoms with Gasteiger partial charge in [-0.1, -0.05) is 29.8 Å². The highest BCUT2D eigenvalue weighted by Crippen LogP contribution is 2.35. The van der Waals surface area contributed by atoms with Crippen LogP contribution in [0.2, 0.25) is 5.02 Å². The van der Waals surface area contributed by atoms with Gasteiger partial charge in [-0.3, -0.25) is 19.1 Å². The normalized spacial score (nSPS) is 16.0. The summed E-state index contributed by atoms with van der Waals surface area (Å²) in [7, 11) is 2.89. The highest BCUT2D eigenvalue weighted by molar-refractivity contribution is 6.30. The number of halogens is 4. The Labute approximate surface area is 214 Å². The number of rotatable bonds is 7. The predicted molar refractivity (Wildman–Crippen MR) is 127 cm³/mol. The number of ether oxygens (including phenoxy) is 2. The predicted octanol–water partition coefficient (Wildman–Crippen LogP) is 4.08. The lowest BCUT2D eigenvalue weighted by Crippen LogP contribution is -2.46. The molecule has 0 unspecified atom stereocenters. The van der Waals surface area contributed by atoms with E-state index >= 15 is 0 Å². The van der Waals surface area contributed by atoms with Crippen molar-refractivity contribution in [3.8, 4) is 17.5 Å². The van der Waals surface area contributed by atoms with Crippen molar-refractivity contribution in [2.24, 2.45) is 0 Å². The SMILES string of the molecule is CN1C(=O)[C@H](CCO)N(C)C(=O)c2c1nc(Oc1cccc(OC(F)(F)F)c1)n2Cc1ccc(Cl)cc1. The molecule has 13 heteroatoms. The number of likely N-dealkylation sites (N-methyl/N-ethyl adjacent to an activating group) is 2. The number of amides is 2. The van der Waals surface area contributed by atoms with E-state index in [0.717, 1.165) is 12.1 Å². The number of fused-ring (bicyclic) bond motifs is 1. The minimum Gasteiger partial charge on any atom is -0.425 e. The van der Waals surface area contributed by atoms with E-state index in [1.54, 1.807) is 24.3 Å². The Balaban J connectivity index is 1.81. The first-order chi connectivity index (χ1) is 17.5. The van der Waals surface area contributed by atoms with Crippen molar-refractivity contribution >= 4 is 29.2 Å². The average Bonchev–Trinajstić information content (AvgIpc) is 3.16. The molecule has 0 spiro atoms. The molecule has 1 aliphatic heterocycles. The lowest BCUT2D eigenvalue weighted by Gasteiger charge is -2.26. The Kier molecular flexibility index (Phi) is 7.32. The number of benzene rings is 2. The number of carbonyl (C=O) groups excluding carboxylic acids is 2. The van der Waals surface area contributed by atoms with Crippen LogP contribution in [-0.4, -0.2) is 64.5 Å². The highest BCUT2D eigenvalue weighted by atomic mass is 35.5. The molecule has 3 aromatic rings. The monoisotopic (exact) mass is 538 g/mol. The van der Waals surface area contributed by atoms with Gasteiger partial charge in [0.05, 0.1) is 6.54 Å². The molecule has 1 aromatic heterocycles. The Morgan fingerprint density at radius 2 is 1.76 bits per heavy atom. The topological polar surface area (TPSA) is 97.1 Å². The molecular weight excluding hydrogens is 517 g/mol. The molecule has 196 valence electrons. The van der Waals surface area contributed by atoms with Crippen LogP contribution in [0.4, 0.5) is 19.0 Å². The molecule has 1 N–H and O–H groups in total. The fraction of sp³-hybridized carbons (Fsp3) is 0.292. The summed E-state index contributed by atoms with van der Waals surface area (Å²) >= 11 is 5.99. The number of aromatic nitrogens is 2. The zero-order chi connectivity index (χ0) is 26.9. The van der Waals surface area contributed by atoms with Crippen LogP contribution >= 0.6 is 11.6 Å². The number of hydrogen-bond acceptors (Lipinski definition) is 6. The van der Waals surface area contributed by atoms with Gasteiger partial charge in [0, 0.05) is 31.8 Å². The van der Waals surface area contributed by atoms with Crippen LogP contribution < -0.4 is 14.4 Å². The number of aliphatic hydroxyl groups is 1. The van der Waals surface area contributed by atoms with E-state index in [2.05, 4.69) is 9.72 Å². The third-order valence-electron chi connectivity index (χ3n) is 5.74. The number of alkyl halides is 3. The van der Waals surface area contributed by atoms with Crippen LogP contribution in [0.5, 0.6) is 17.5 Å². The Bertz CT molecular complexity index is 1310. The molecule has 0 saturated carbocycles. The summed E-state index contributed by atoms with van der Waals surface area (Å²) in [6, 6.07) is 10.6. The molecule has 1 aliphatic rings. The standard InChI is InChI=1S/C24H22ClF3N4O5/c1-30-18(10-11-33)21(34)31(2)20-19(22(30)35)32(13-14-6-8-15(25)9-7-14)23(29-20)36-16-4-3-5-17(12-16)37-24(26,27)28/h3-9,12,18,33H,10-11,13H2,1-2H3/t18-/m0/s1. The molecule has 0 aliphatic carbocycles. The first-order valence-electron chi connectivity index (χ1n) is 11.0. The number of hydrogen-bond donors (Lipinski definition) is 1. The Morgan fingerprint density at radius 3 is 2.41 bits per heavy atom. The zero-order valence-corrected chi connectivity index (χ0v) is 20.5. The van der Waals surface area contributed by atoms with Crippen LogP contribution in [-0.2, 0) is 11.3 Å². The van der Waals surface area contributed by atoms with E-state index in [4.69, 9.17) is 16.3 Å². The summed E-state index contributed by atoms with van der Waals surface area (Å²) in [6.07, 6.45) is -4.86. The zero-order valence-electron chi connectivity index (χ0n) is 19.7. The molecule has 0 saturated heterocycles. The Morgan fingerprint density at radius 1 is 1.08 bits per heavy atom. The van der Waals surface area contributed by atoms with Crippen molar-refractivity contribution in [3.05, 3.63) is 64.8 Å². The summed E-state index contributed by atoms with van der Waals surface area (Å²) in [5.41, 5.74) is 0.746. The van der Waals surface area contributed by atoms with Crippen LogP contribution in [0.15, 0.2) is 48.5 Å². The fourth-order valence-electron chi connectivity index (χ4n) is 3.94. The maximum Gasteiger partial charge on any atom is 0.573 e. The van der Waals surface area contributed by atoms with Crippen molar-refractivity contribution in [1.29, 1.82) is 0 Å². The van der Waals surface area contributed by atoms with Crippen LogP contribution in [0.3, 0.4) is 0 Å². The molecular formula is C24H22ClF3N4O5. The number of carbonyl (C=O) groups is 2. The quantitative estimate of drug-likeness (QED) is 0.487. The summed E-state index contributed by atoms with van der Waals surface area (Å²) in [5.74, 6) is -1.54. The van der Waals surface area contributed by atoms with Gasteiger partial charge in [-0.05, 0) is 36.2 Å². The second-order valence-electron chi connectivity index (χ2n) is 8.25. The molecule has 1 atom stereocenters. The van der Waals surface area contributed by atoms with Crippen molar-refractivity contribution < 1.29 is 37.3 Å². The summed E-state index contributed by atoms with van der Waals surface area (Å²) < 4.78 is 49.3. The molecule has 0 radical (unpaired) electrons. The highest BCUT2D eigenvalue weighted by Gasteiger charge is 2.40. The average molecular weight is 539 g/mol. The summed E-state index contributed by atoms with van der Waals surface area (Å²) in [6.45, 7) is -0.241. The van der Waals surface area contributed by atoms with Crippen molar-refractivity contribution in [2.45, 2.75) is 25.4 Å². The minimum atomic E-state index is -4.89. The second-order valence-corrected chi connectivity index (χ2v) is 8.68. The molecule has 4 rings (SSSR count). The van der Waals surface area contributed by atoms with Gasteiger partial charge in [0.15, 0.2) is 11.5 Å². The molecule has 0 bridgehead atoms. The third-order valence-corrected chi connectivity index (χ3v) is 5.99. The molecule has 2 heterocycles. The maximum atomic E-state index is 13.5. The molecule has 9 nitrogen and oxygen atoms in total. The number of anilines is 1. The summed E-state index contributed by atoms with van der Waals surface area (Å²) in [4.78, 5) is 33.4. The summed E-state index contributed by atoms with van der Waals surface area (Å²) in [5, 5.41) is 9.92. The largest absolute Gasteiger partial charge is 0.573 e. The van der Waals surface area contributed by atoms with Gasteiger partial charge in [0.2, 0.25) is 0 Å². The lowest BCUT2D eigenvalue weighted by atomic mass is 10.1. The first kappa shape index (κ1) is 26.3. The van der Waals surface area contributed by atoms with Crippen LogP contribution in [0.25, 0.3) is 0 Å². The van der Waals surface area contributed by atoms with E-state index in [1.807, 2.05) is 0 Å². The number of imidazole rings is 1. The van der Waals surface area contributed by atoms with E-state index in [9.17, 15) is 27.9 Å². The van der Waals surface area contributed by atoms with Crippen LogP contribution in [0, 0.1) is 0 Å². The van der Waals surface area contributed by atoms with Crippen molar-refractivity contribution in [1.82, 2.24) is 14.5 Å². The minimum absolute atomic E-state index is 0.00829. The molecule has 0 fully saturated rings. The lowest BCUT2D eigenvalue weighted by molar-refractivity contribution is -0.274. The van der Waals surface area contributed by atoms with Gasteiger partial charge in [-0.2, -0.15) is 4.98 Å². The Hall–Kier alpha value is -3.77. The third kappa shape index (κ3) is 5.65. The number of nitrogens with zero attached hydrogens (tertiary/aromatic N) is 4. The van der Waals surface area contributed by atoms with Gasteiger partial charge < -0.3 is 19.5 Å². The van der Waals surface area contributed by atoms with Crippen molar-refractivity contribution in [3.63, 3.8) is 0 Å². The molecule has 2 aromatic carbocycles. The smallest absolute Gasteiger partial charge is 0.425 e. The molecule has 37 heavy (non-hydrogen) atoms. The first-order valence-corrected chi connectivity index (χ1v) is 11.4. The van der Waals surface area contributed by atoms with E-state index in [1.165, 1.54) is 40.6 Å². The van der Waals surface area contributed by atoms with Crippen molar-refractivity contribution in [2.75, 3.05) is 25.6 Å². The van der Waals surface area contributed by atoms with E-state index in [0.29, 0.717) is 10.6 Å². The van der Waals surface area contributed by atoms with Gasteiger partial charge in [0.1, 0.15) is 17.5 Å². The second kappa shape index (κ2) is 10.3.